The number of nitrogens with two attached hydrogens (primary N) is 1. The van der Waals surface area contributed by atoms with Gasteiger partial charge in [-0.25, -0.2) is 0 Å². The summed E-state index contributed by atoms with van der Waals surface area (Å²) in [5, 5.41) is 11.8. The second-order valence-electron chi connectivity index (χ2n) is 4.13. The Hall–Kier alpha value is -1.57. The number of nitrogens with one attached hydrogen (secondary N) is 1. The fraction of sp³-hybridized carbons (Fsp3) is 0.385. The van der Waals surface area contributed by atoms with Gasteiger partial charge in [0.25, 0.3) is 0 Å². The zero-order valence-corrected chi connectivity index (χ0v) is 11.0. The molecule has 96 valence electrons. The summed E-state index contributed by atoms with van der Waals surface area (Å²) in [5.41, 5.74) is 6.40. The number of carbonyl (C=O) groups excluding carboxylic acids is 1. The number of hydrogen-bond acceptors (Lipinski definition) is 3. The van der Waals surface area contributed by atoms with Gasteiger partial charge < -0.3 is 11.1 Å². The fourth-order valence-corrected chi connectivity index (χ4v) is 1.72. The molecule has 0 radical (unpaired) electrons. The maximum atomic E-state index is 11.8. The molecule has 0 aromatic heterocycles. The molecule has 1 unspecified atom stereocenters. The van der Waals surface area contributed by atoms with Gasteiger partial charge in [0.05, 0.1) is 22.3 Å². The normalized spacial score (nSPS) is 11.7. The molecule has 0 bridgehead atoms. The average Bonchev–Trinajstić information content (AvgIpc) is 2.38. The van der Waals surface area contributed by atoms with Crippen LogP contribution in [-0.4, -0.2) is 12.5 Å². The van der Waals surface area contributed by atoms with E-state index < -0.39 is 0 Å². The van der Waals surface area contributed by atoms with Crippen LogP contribution < -0.4 is 11.1 Å². The molecule has 0 spiro atoms. The lowest BCUT2D eigenvalue weighted by molar-refractivity contribution is -0.119. The van der Waals surface area contributed by atoms with E-state index in [-0.39, 0.29) is 11.8 Å². The molecule has 0 aliphatic heterocycles. The van der Waals surface area contributed by atoms with Crippen molar-refractivity contribution >= 4 is 23.2 Å². The van der Waals surface area contributed by atoms with E-state index in [2.05, 4.69) is 5.32 Å². The molecule has 0 saturated carbocycles. The lowest BCUT2D eigenvalue weighted by Gasteiger charge is -2.12. The van der Waals surface area contributed by atoms with Gasteiger partial charge in [0, 0.05) is 5.92 Å². The monoisotopic (exact) mass is 265 g/mol. The predicted molar refractivity (Wildman–Crippen MR) is 72.2 cm³/mol. The molecule has 1 aromatic rings. The molecule has 18 heavy (non-hydrogen) atoms. The quantitative estimate of drug-likeness (QED) is 0.859. The van der Waals surface area contributed by atoms with Gasteiger partial charge in [0.1, 0.15) is 0 Å². The van der Waals surface area contributed by atoms with E-state index in [1.54, 1.807) is 12.1 Å². The highest BCUT2D eigenvalue weighted by Gasteiger charge is 2.13. The fourth-order valence-electron chi connectivity index (χ4n) is 1.50. The first-order valence-electron chi connectivity index (χ1n) is 5.79. The molecule has 4 nitrogen and oxygen atoms in total. The number of nitriles is 1. The summed E-state index contributed by atoms with van der Waals surface area (Å²) < 4.78 is 0. The Balaban J connectivity index is 2.67. The Kier molecular flexibility index (Phi) is 5.63. The van der Waals surface area contributed by atoms with Gasteiger partial charge >= 0.3 is 0 Å². The van der Waals surface area contributed by atoms with E-state index in [0.717, 1.165) is 12.8 Å². The van der Waals surface area contributed by atoms with Crippen molar-refractivity contribution in [2.45, 2.75) is 19.8 Å². The van der Waals surface area contributed by atoms with Crippen LogP contribution in [0.5, 0.6) is 0 Å². The Bertz CT molecular complexity index is 468. The number of amides is 1. The molecule has 0 aliphatic rings. The summed E-state index contributed by atoms with van der Waals surface area (Å²) in [5.74, 6) is -0.199. The molecule has 0 aliphatic carbocycles. The Morgan fingerprint density at radius 1 is 1.61 bits per heavy atom. The van der Waals surface area contributed by atoms with Crippen LogP contribution in [0.4, 0.5) is 5.69 Å². The van der Waals surface area contributed by atoms with Crippen LogP contribution in [0.1, 0.15) is 25.3 Å². The number of halogens is 1. The maximum absolute atomic E-state index is 11.8. The van der Waals surface area contributed by atoms with Gasteiger partial charge in [-0.2, -0.15) is 5.26 Å². The summed E-state index contributed by atoms with van der Waals surface area (Å²) in [6, 6.07) is 6.77. The summed E-state index contributed by atoms with van der Waals surface area (Å²) in [4.78, 5) is 11.8. The minimum Gasteiger partial charge on any atom is -0.330 e. The van der Waals surface area contributed by atoms with Gasteiger partial charge in [-0.05, 0) is 37.6 Å². The Labute approximate surface area is 112 Å². The van der Waals surface area contributed by atoms with E-state index in [4.69, 9.17) is 22.6 Å². The molecule has 0 saturated heterocycles. The molecule has 1 atom stereocenters. The highest BCUT2D eigenvalue weighted by Crippen LogP contribution is 2.23. The van der Waals surface area contributed by atoms with Crippen molar-refractivity contribution in [1.29, 1.82) is 5.26 Å². The van der Waals surface area contributed by atoms with Crippen molar-refractivity contribution in [2.75, 3.05) is 11.9 Å². The minimum atomic E-state index is -0.111. The molecule has 1 amide bonds. The third-order valence-corrected chi connectivity index (χ3v) is 2.96. The zero-order chi connectivity index (χ0) is 13.5. The summed E-state index contributed by atoms with van der Waals surface area (Å²) in [7, 11) is 0. The van der Waals surface area contributed by atoms with Crippen LogP contribution in [0.2, 0.25) is 5.02 Å². The third-order valence-electron chi connectivity index (χ3n) is 2.64. The molecule has 1 rings (SSSR count). The van der Waals surface area contributed by atoms with E-state index in [1.807, 2.05) is 13.0 Å². The molecule has 1 aromatic carbocycles. The van der Waals surface area contributed by atoms with Crippen molar-refractivity contribution < 1.29 is 4.79 Å². The molecular formula is C13H16ClN3O. The molecule has 0 fully saturated rings. The number of nitrogens with zero attached hydrogens (tertiary/aromatic N) is 1. The first kappa shape index (κ1) is 14.5. The smallest absolute Gasteiger partial charge is 0.227 e. The van der Waals surface area contributed by atoms with Crippen molar-refractivity contribution in [3.05, 3.63) is 28.8 Å². The van der Waals surface area contributed by atoms with Crippen molar-refractivity contribution in [2.24, 2.45) is 11.7 Å². The first-order chi connectivity index (χ1) is 8.58. The van der Waals surface area contributed by atoms with E-state index in [9.17, 15) is 4.79 Å². The second kappa shape index (κ2) is 7.00. The van der Waals surface area contributed by atoms with Crippen LogP contribution in [-0.2, 0) is 4.79 Å². The van der Waals surface area contributed by atoms with Gasteiger partial charge in [0.15, 0.2) is 0 Å². The van der Waals surface area contributed by atoms with Crippen LogP contribution >= 0.6 is 11.6 Å². The summed E-state index contributed by atoms with van der Waals surface area (Å²) in [6.07, 6.45) is 1.56. The van der Waals surface area contributed by atoms with Crippen LogP contribution in [0.3, 0.4) is 0 Å². The average molecular weight is 266 g/mol. The number of rotatable bonds is 5. The number of hydrogen-bond donors (Lipinski definition) is 2. The summed E-state index contributed by atoms with van der Waals surface area (Å²) in [6.45, 7) is 2.43. The topological polar surface area (TPSA) is 78.9 Å². The largest absolute Gasteiger partial charge is 0.330 e. The molecule has 0 heterocycles. The Morgan fingerprint density at radius 2 is 2.33 bits per heavy atom. The van der Waals surface area contributed by atoms with Gasteiger partial charge in [-0.1, -0.05) is 18.5 Å². The highest BCUT2D eigenvalue weighted by atomic mass is 35.5. The maximum Gasteiger partial charge on any atom is 0.227 e. The minimum absolute atomic E-state index is 0.0879. The lowest BCUT2D eigenvalue weighted by Crippen LogP contribution is -2.21. The molecular weight excluding hydrogens is 250 g/mol. The second-order valence-corrected chi connectivity index (χ2v) is 4.53. The zero-order valence-electron chi connectivity index (χ0n) is 10.2. The van der Waals surface area contributed by atoms with Crippen molar-refractivity contribution in [3.63, 3.8) is 0 Å². The lowest BCUT2D eigenvalue weighted by atomic mass is 10.0. The number of benzene rings is 1. The van der Waals surface area contributed by atoms with Crippen LogP contribution in [0.25, 0.3) is 0 Å². The molecule has 3 N–H and O–H groups in total. The van der Waals surface area contributed by atoms with Gasteiger partial charge in [0.2, 0.25) is 5.91 Å². The van der Waals surface area contributed by atoms with Gasteiger partial charge in [-0.15, -0.1) is 0 Å². The van der Waals surface area contributed by atoms with Crippen molar-refractivity contribution in [3.8, 4) is 6.07 Å². The SMILES string of the molecule is CC(CCCN)C(=O)Nc1ccc(C#N)cc1Cl. The van der Waals surface area contributed by atoms with Gasteiger partial charge in [-0.3, -0.25) is 4.79 Å². The number of carbonyl (C=O) groups is 1. The van der Waals surface area contributed by atoms with Crippen LogP contribution in [0.15, 0.2) is 18.2 Å². The number of anilines is 1. The standard InChI is InChI=1S/C13H16ClN3O/c1-9(3-2-6-15)13(18)17-12-5-4-10(8-16)7-11(12)14/h4-5,7,9H,2-3,6,15H2,1H3,(H,17,18). The highest BCUT2D eigenvalue weighted by molar-refractivity contribution is 6.33. The predicted octanol–water partition coefficient (Wildman–Crippen LogP) is 2.53. The Morgan fingerprint density at radius 3 is 2.89 bits per heavy atom. The van der Waals surface area contributed by atoms with E-state index >= 15 is 0 Å². The first-order valence-corrected chi connectivity index (χ1v) is 6.17. The van der Waals surface area contributed by atoms with Crippen molar-refractivity contribution in [1.82, 2.24) is 0 Å². The molecule has 5 heteroatoms. The van der Waals surface area contributed by atoms with E-state index in [1.165, 1.54) is 6.07 Å². The van der Waals surface area contributed by atoms with Crippen LogP contribution in [0, 0.1) is 17.2 Å². The summed E-state index contributed by atoms with van der Waals surface area (Å²) >= 11 is 5.98. The van der Waals surface area contributed by atoms with E-state index in [0.29, 0.717) is 22.8 Å². The third kappa shape index (κ3) is 4.02.